The summed E-state index contributed by atoms with van der Waals surface area (Å²) in [5.74, 6) is 2.72. The molecule has 0 spiro atoms. The Balaban J connectivity index is 2.19. The molecule has 0 N–H and O–H groups in total. The zero-order valence-electron chi connectivity index (χ0n) is 20.2. The Morgan fingerprint density at radius 2 is 0.900 bits per heavy atom. The summed E-state index contributed by atoms with van der Waals surface area (Å²) in [6.07, 6.45) is 1.38. The fourth-order valence-electron chi connectivity index (χ4n) is 5.29. The van der Waals surface area contributed by atoms with E-state index < -0.39 is 30.4 Å². The van der Waals surface area contributed by atoms with Crippen molar-refractivity contribution in [1.29, 1.82) is 0 Å². The van der Waals surface area contributed by atoms with Crippen LogP contribution in [0.4, 0.5) is 0 Å². The summed E-state index contributed by atoms with van der Waals surface area (Å²) in [4.78, 5) is 0. The van der Waals surface area contributed by atoms with E-state index in [-0.39, 0.29) is 0 Å². The van der Waals surface area contributed by atoms with Crippen LogP contribution >= 0.6 is 23.5 Å². The van der Waals surface area contributed by atoms with Crippen molar-refractivity contribution < 1.29 is 0 Å². The van der Waals surface area contributed by atoms with E-state index in [9.17, 15) is 0 Å². The molecule has 0 aromatic heterocycles. The second-order valence-corrected chi connectivity index (χ2v) is 46.4. The van der Waals surface area contributed by atoms with Gasteiger partial charge >= 0.3 is 0 Å². The molecule has 2 aromatic rings. The SMILES string of the molecule is C[Si](C)(c1ccccc1)[Si](C)(C)C1([Si](C)(C)[Si](C)(C)c2ccccc2)SCCCS1. The molecule has 0 atom stereocenters. The third kappa shape index (κ3) is 3.73. The normalized spacial score (nSPS) is 18.3. The highest BCUT2D eigenvalue weighted by molar-refractivity contribution is 8.26. The Hall–Kier alpha value is 0.00753. The highest BCUT2D eigenvalue weighted by Crippen LogP contribution is 2.57. The Morgan fingerprint density at radius 1 is 0.567 bits per heavy atom. The number of rotatable bonds is 6. The number of benzene rings is 2. The van der Waals surface area contributed by atoms with E-state index in [0.29, 0.717) is 3.33 Å². The zero-order valence-corrected chi connectivity index (χ0v) is 25.8. The van der Waals surface area contributed by atoms with Gasteiger partial charge in [0.15, 0.2) is 0 Å². The average molecular weight is 505 g/mol. The molecule has 3 rings (SSSR count). The Labute approximate surface area is 197 Å². The molecule has 0 unspecified atom stereocenters. The topological polar surface area (TPSA) is 0 Å². The molecule has 1 aliphatic rings. The van der Waals surface area contributed by atoms with Crippen LogP contribution < -0.4 is 10.4 Å². The summed E-state index contributed by atoms with van der Waals surface area (Å²) in [5, 5.41) is 3.36. The fourth-order valence-corrected chi connectivity index (χ4v) is 60.3. The van der Waals surface area contributed by atoms with E-state index in [2.05, 4.69) is 137 Å². The van der Waals surface area contributed by atoms with Gasteiger partial charge in [-0.25, -0.2) is 0 Å². The van der Waals surface area contributed by atoms with Crippen LogP contribution in [-0.4, -0.2) is 45.2 Å². The van der Waals surface area contributed by atoms with Gasteiger partial charge in [-0.15, -0.1) is 0 Å². The summed E-state index contributed by atoms with van der Waals surface area (Å²) in [6, 6.07) is 23.2. The first-order valence-electron chi connectivity index (χ1n) is 11.3. The van der Waals surface area contributed by atoms with Gasteiger partial charge in [-0.1, -0.05) is 123 Å². The van der Waals surface area contributed by atoms with E-state index >= 15 is 0 Å². The Bertz CT molecular complexity index is 777. The quantitative estimate of drug-likeness (QED) is 0.415. The maximum absolute atomic E-state index is 2.79. The molecule has 30 heavy (non-hydrogen) atoms. The number of thioether (sulfide) groups is 2. The van der Waals surface area contributed by atoms with Crippen molar-refractivity contribution in [3.63, 3.8) is 0 Å². The highest BCUT2D eigenvalue weighted by Gasteiger charge is 2.68. The summed E-state index contributed by atoms with van der Waals surface area (Å²) < 4.78 is 0.482. The highest BCUT2D eigenvalue weighted by atomic mass is 32.2. The van der Waals surface area contributed by atoms with Crippen molar-refractivity contribution >= 4 is 64.3 Å². The van der Waals surface area contributed by atoms with Crippen LogP contribution in [0.25, 0.3) is 0 Å². The third-order valence-corrected chi connectivity index (χ3v) is 62.3. The monoisotopic (exact) mass is 504 g/mol. The minimum atomic E-state index is -1.64. The van der Waals surface area contributed by atoms with Crippen LogP contribution in [0.15, 0.2) is 60.7 Å². The molecule has 0 radical (unpaired) electrons. The summed E-state index contributed by atoms with van der Waals surface area (Å²) in [7, 11) is -6.48. The first kappa shape index (κ1) is 24.6. The predicted octanol–water partition coefficient (Wildman–Crippen LogP) is 6.44. The number of hydrogen-bond acceptors (Lipinski definition) is 2. The molecule has 0 bridgehead atoms. The average Bonchev–Trinajstić information content (AvgIpc) is 2.75. The van der Waals surface area contributed by atoms with E-state index in [1.165, 1.54) is 17.9 Å². The lowest BCUT2D eigenvalue weighted by molar-refractivity contribution is 1.10. The van der Waals surface area contributed by atoms with Gasteiger partial charge in [-0.05, 0) is 17.9 Å². The molecule has 0 amide bonds. The fraction of sp³-hybridized carbons (Fsp3) is 0.500. The summed E-state index contributed by atoms with van der Waals surface area (Å²) >= 11 is 4.85. The third-order valence-electron chi connectivity index (χ3n) is 8.66. The standard InChI is InChI=1S/C24H40S2Si4/c1-27(2,22-16-11-9-12-17-22)29(5,6)24(25-20-15-21-26-24)30(7,8)28(3,4)23-18-13-10-14-19-23/h9-14,16-19H,15,20-21H2,1-8H3. The first-order chi connectivity index (χ1) is 13.9. The largest absolute Gasteiger partial charge is 0.152 e. The van der Waals surface area contributed by atoms with E-state index in [1.54, 1.807) is 10.4 Å². The minimum Gasteiger partial charge on any atom is -0.152 e. The van der Waals surface area contributed by atoms with Gasteiger partial charge in [0.25, 0.3) is 0 Å². The van der Waals surface area contributed by atoms with Gasteiger partial charge in [0.2, 0.25) is 0 Å². The minimum absolute atomic E-state index is 0.482. The van der Waals surface area contributed by atoms with Crippen LogP contribution in [0.1, 0.15) is 6.42 Å². The van der Waals surface area contributed by atoms with Gasteiger partial charge in [0, 0.05) is 3.33 Å². The molecular formula is C24H40S2Si4. The summed E-state index contributed by atoms with van der Waals surface area (Å²) in [6.45, 7) is 22.0. The predicted molar refractivity (Wildman–Crippen MR) is 154 cm³/mol. The second kappa shape index (κ2) is 8.75. The van der Waals surface area contributed by atoms with Crippen LogP contribution in [0.5, 0.6) is 0 Å². The van der Waals surface area contributed by atoms with Gasteiger partial charge in [0.05, 0.1) is 30.4 Å². The van der Waals surface area contributed by atoms with Crippen molar-refractivity contribution in [2.75, 3.05) is 11.5 Å². The zero-order chi connectivity index (χ0) is 22.3. The first-order valence-corrected chi connectivity index (χ1v) is 27.3. The molecular weight excluding hydrogens is 465 g/mol. The lowest BCUT2D eigenvalue weighted by Gasteiger charge is -2.63. The maximum atomic E-state index is 2.79. The molecule has 1 fully saturated rings. The Morgan fingerprint density at radius 3 is 1.23 bits per heavy atom. The van der Waals surface area contributed by atoms with E-state index in [4.69, 9.17) is 0 Å². The van der Waals surface area contributed by atoms with E-state index in [1.807, 2.05) is 0 Å². The molecule has 0 nitrogen and oxygen atoms in total. The molecule has 0 saturated carbocycles. The van der Waals surface area contributed by atoms with Crippen molar-refractivity contribution in [2.24, 2.45) is 0 Å². The van der Waals surface area contributed by atoms with E-state index in [0.717, 1.165) is 0 Å². The van der Waals surface area contributed by atoms with Crippen molar-refractivity contribution in [2.45, 2.75) is 62.1 Å². The van der Waals surface area contributed by atoms with Crippen LogP contribution in [0, 0.1) is 0 Å². The maximum Gasteiger partial charge on any atom is 0.0761 e. The molecule has 1 heterocycles. The molecule has 6 heteroatoms. The van der Waals surface area contributed by atoms with Gasteiger partial charge in [-0.2, -0.15) is 23.5 Å². The van der Waals surface area contributed by atoms with Crippen molar-refractivity contribution in [3.8, 4) is 0 Å². The summed E-state index contributed by atoms with van der Waals surface area (Å²) in [5.41, 5.74) is 0. The number of hydrogen-bond donors (Lipinski definition) is 0. The van der Waals surface area contributed by atoms with Gasteiger partial charge in [-0.3, -0.25) is 0 Å². The van der Waals surface area contributed by atoms with Crippen LogP contribution in [0.2, 0.25) is 52.4 Å². The molecule has 1 aliphatic heterocycles. The lowest BCUT2D eigenvalue weighted by Crippen LogP contribution is -2.84. The van der Waals surface area contributed by atoms with Crippen LogP contribution in [0.3, 0.4) is 0 Å². The second-order valence-electron chi connectivity index (χ2n) is 10.9. The lowest BCUT2D eigenvalue weighted by atomic mass is 10.4. The molecule has 164 valence electrons. The molecule has 1 saturated heterocycles. The molecule has 0 aliphatic carbocycles. The van der Waals surface area contributed by atoms with Gasteiger partial charge in [0.1, 0.15) is 0 Å². The van der Waals surface area contributed by atoms with Crippen LogP contribution in [-0.2, 0) is 0 Å². The molecule has 2 aromatic carbocycles. The Kier molecular flexibility index (Phi) is 7.18. The van der Waals surface area contributed by atoms with Gasteiger partial charge < -0.3 is 0 Å². The smallest absolute Gasteiger partial charge is 0.0761 e. The van der Waals surface area contributed by atoms with Crippen molar-refractivity contribution in [3.05, 3.63) is 60.7 Å². The van der Waals surface area contributed by atoms with Crippen molar-refractivity contribution in [1.82, 2.24) is 0 Å².